The Bertz CT molecular complexity index is 312. The van der Waals surface area contributed by atoms with Crippen LogP contribution in [0.25, 0.3) is 0 Å². The smallest absolute Gasteiger partial charge is 0.141 e. The van der Waals surface area contributed by atoms with Crippen LogP contribution >= 0.6 is 0 Å². The van der Waals surface area contributed by atoms with E-state index < -0.39 is 0 Å². The number of halogens is 1. The van der Waals surface area contributed by atoms with E-state index in [9.17, 15) is 4.39 Å². The van der Waals surface area contributed by atoms with Crippen LogP contribution in [0.4, 0.5) is 4.39 Å². The van der Waals surface area contributed by atoms with Crippen LogP contribution in [0.15, 0.2) is 18.5 Å². The Hall–Kier alpha value is -0.920. The van der Waals surface area contributed by atoms with Crippen molar-refractivity contribution in [3.8, 4) is 0 Å². The minimum absolute atomic E-state index is 0.209. The van der Waals surface area contributed by atoms with Gasteiger partial charge in [0, 0.05) is 6.20 Å². The molecule has 0 aliphatic rings. The van der Waals surface area contributed by atoms with Crippen LogP contribution in [0.5, 0.6) is 0 Å². The molecule has 2 heteroatoms. The Morgan fingerprint density at radius 1 is 1.06 bits per heavy atom. The highest BCUT2D eigenvalue weighted by molar-refractivity contribution is 5.15. The van der Waals surface area contributed by atoms with Crippen LogP contribution in [-0.4, -0.2) is 4.98 Å². The van der Waals surface area contributed by atoms with Crippen molar-refractivity contribution in [3.63, 3.8) is 0 Å². The molecule has 1 aromatic heterocycles. The van der Waals surface area contributed by atoms with Crippen LogP contribution in [0.1, 0.15) is 70.3 Å². The van der Waals surface area contributed by atoms with Gasteiger partial charge in [-0.25, -0.2) is 4.39 Å². The molecule has 0 aromatic carbocycles. The maximum Gasteiger partial charge on any atom is 0.141 e. The van der Waals surface area contributed by atoms with E-state index in [1.54, 1.807) is 6.07 Å². The van der Waals surface area contributed by atoms with Gasteiger partial charge in [-0.15, -0.1) is 0 Å². The molecule has 0 spiro atoms. The molecule has 0 fully saturated rings. The highest BCUT2D eigenvalue weighted by atomic mass is 19.1. The number of aromatic nitrogens is 1. The molecule has 0 aliphatic heterocycles. The number of hydrogen-bond acceptors (Lipinski definition) is 1. The second kappa shape index (κ2) is 8.21. The zero-order valence-corrected chi connectivity index (χ0v) is 11.1. The second-order valence-electron chi connectivity index (χ2n) is 4.77. The lowest BCUT2D eigenvalue weighted by atomic mass is 9.90. The van der Waals surface area contributed by atoms with Gasteiger partial charge in [0.15, 0.2) is 0 Å². The van der Waals surface area contributed by atoms with Crippen LogP contribution in [0.2, 0.25) is 0 Å². The van der Waals surface area contributed by atoms with Crippen molar-refractivity contribution in [1.29, 1.82) is 0 Å². The Morgan fingerprint density at radius 3 is 2.41 bits per heavy atom. The zero-order valence-electron chi connectivity index (χ0n) is 11.1. The third-order valence-electron chi connectivity index (χ3n) is 3.26. The topological polar surface area (TPSA) is 12.9 Å². The minimum atomic E-state index is -0.209. The highest BCUT2D eigenvalue weighted by Crippen LogP contribution is 2.27. The first-order valence-electron chi connectivity index (χ1n) is 6.88. The molecule has 1 unspecified atom stereocenters. The van der Waals surface area contributed by atoms with Gasteiger partial charge in [-0.1, -0.05) is 46.0 Å². The van der Waals surface area contributed by atoms with Gasteiger partial charge in [-0.05, 0) is 30.4 Å². The molecule has 1 heterocycles. The van der Waals surface area contributed by atoms with Crippen molar-refractivity contribution in [2.24, 2.45) is 0 Å². The van der Waals surface area contributed by atoms with Gasteiger partial charge < -0.3 is 0 Å². The Labute approximate surface area is 104 Å². The van der Waals surface area contributed by atoms with Crippen molar-refractivity contribution < 1.29 is 4.39 Å². The Kier molecular flexibility index (Phi) is 6.83. The number of nitrogens with zero attached hydrogens (tertiary/aromatic N) is 1. The fraction of sp³-hybridized carbons (Fsp3) is 0.667. The first kappa shape index (κ1) is 14.1. The molecule has 96 valence electrons. The second-order valence-corrected chi connectivity index (χ2v) is 4.77. The average molecular weight is 237 g/mol. The molecular formula is C15H24FN. The minimum Gasteiger partial charge on any atom is -0.261 e. The van der Waals surface area contributed by atoms with Crippen LogP contribution in [0, 0.1) is 5.82 Å². The van der Waals surface area contributed by atoms with Crippen molar-refractivity contribution in [1.82, 2.24) is 4.98 Å². The summed E-state index contributed by atoms with van der Waals surface area (Å²) in [6, 6.07) is 1.65. The van der Waals surface area contributed by atoms with Gasteiger partial charge in [0.25, 0.3) is 0 Å². The summed E-state index contributed by atoms with van der Waals surface area (Å²) in [5.41, 5.74) is 1.08. The fourth-order valence-electron chi connectivity index (χ4n) is 2.22. The molecule has 1 aromatic rings. The van der Waals surface area contributed by atoms with E-state index >= 15 is 0 Å². The molecule has 0 bridgehead atoms. The summed E-state index contributed by atoms with van der Waals surface area (Å²) in [6.07, 6.45) is 11.6. The lowest BCUT2D eigenvalue weighted by Crippen LogP contribution is -2.01. The molecule has 0 N–H and O–H groups in total. The van der Waals surface area contributed by atoms with E-state index in [-0.39, 0.29) is 5.82 Å². The van der Waals surface area contributed by atoms with Crippen LogP contribution in [-0.2, 0) is 0 Å². The predicted octanol–water partition coefficient (Wildman–Crippen LogP) is 5.07. The van der Waals surface area contributed by atoms with E-state index in [0.29, 0.717) is 5.92 Å². The number of pyridine rings is 1. The summed E-state index contributed by atoms with van der Waals surface area (Å²) in [4.78, 5) is 3.97. The van der Waals surface area contributed by atoms with E-state index in [0.717, 1.165) is 12.0 Å². The van der Waals surface area contributed by atoms with E-state index in [4.69, 9.17) is 0 Å². The first-order valence-corrected chi connectivity index (χ1v) is 6.88. The van der Waals surface area contributed by atoms with Crippen LogP contribution in [0.3, 0.4) is 0 Å². The summed E-state index contributed by atoms with van der Waals surface area (Å²) in [7, 11) is 0. The summed E-state index contributed by atoms with van der Waals surface area (Å²) in [6.45, 7) is 4.41. The molecule has 0 amide bonds. The molecule has 1 rings (SSSR count). The van der Waals surface area contributed by atoms with Crippen molar-refractivity contribution in [2.45, 2.75) is 64.7 Å². The van der Waals surface area contributed by atoms with E-state index in [2.05, 4.69) is 18.8 Å². The molecule has 1 atom stereocenters. The molecule has 1 nitrogen and oxygen atoms in total. The van der Waals surface area contributed by atoms with Crippen molar-refractivity contribution in [2.75, 3.05) is 0 Å². The highest BCUT2D eigenvalue weighted by Gasteiger charge is 2.11. The number of rotatable bonds is 8. The number of unbranched alkanes of at least 4 members (excludes halogenated alkanes) is 3. The number of hydrogen-bond donors (Lipinski definition) is 0. The SMILES string of the molecule is CCCCCC(CCCC)c1cncc(F)c1. The van der Waals surface area contributed by atoms with Gasteiger partial charge in [0.1, 0.15) is 5.82 Å². The quantitative estimate of drug-likeness (QED) is 0.575. The Balaban J connectivity index is 2.60. The van der Waals surface area contributed by atoms with E-state index in [1.807, 2.05) is 6.20 Å². The summed E-state index contributed by atoms with van der Waals surface area (Å²) < 4.78 is 13.2. The maximum absolute atomic E-state index is 13.2. The molecular weight excluding hydrogens is 213 g/mol. The van der Waals surface area contributed by atoms with Gasteiger partial charge in [-0.3, -0.25) is 4.98 Å². The lowest BCUT2D eigenvalue weighted by Gasteiger charge is -2.16. The lowest BCUT2D eigenvalue weighted by molar-refractivity contribution is 0.509. The summed E-state index contributed by atoms with van der Waals surface area (Å²) >= 11 is 0. The van der Waals surface area contributed by atoms with Gasteiger partial charge in [0.2, 0.25) is 0 Å². The van der Waals surface area contributed by atoms with Gasteiger partial charge >= 0.3 is 0 Å². The average Bonchev–Trinajstić information content (AvgIpc) is 2.33. The molecule has 0 aliphatic carbocycles. The zero-order chi connectivity index (χ0) is 12.5. The molecule has 0 saturated heterocycles. The molecule has 0 saturated carbocycles. The first-order chi connectivity index (χ1) is 8.27. The largest absolute Gasteiger partial charge is 0.261 e. The third-order valence-corrected chi connectivity index (χ3v) is 3.26. The summed E-state index contributed by atoms with van der Waals surface area (Å²) in [5.74, 6) is 0.282. The van der Waals surface area contributed by atoms with Gasteiger partial charge in [0.05, 0.1) is 6.20 Å². The van der Waals surface area contributed by atoms with Crippen LogP contribution < -0.4 is 0 Å². The van der Waals surface area contributed by atoms with Crippen molar-refractivity contribution >= 4 is 0 Å². The molecule has 0 radical (unpaired) electrons. The van der Waals surface area contributed by atoms with E-state index in [1.165, 1.54) is 44.7 Å². The standard InChI is InChI=1S/C15H24FN/c1-3-5-7-9-13(8-6-4-2)14-10-15(16)12-17-11-14/h10-13H,3-9H2,1-2H3. The summed E-state index contributed by atoms with van der Waals surface area (Å²) in [5, 5.41) is 0. The van der Waals surface area contributed by atoms with Crippen molar-refractivity contribution in [3.05, 3.63) is 29.8 Å². The normalized spacial score (nSPS) is 12.6. The third kappa shape index (κ3) is 5.29. The fourth-order valence-corrected chi connectivity index (χ4v) is 2.22. The van der Waals surface area contributed by atoms with Gasteiger partial charge in [-0.2, -0.15) is 0 Å². The molecule has 17 heavy (non-hydrogen) atoms. The predicted molar refractivity (Wildman–Crippen MR) is 70.6 cm³/mol. The monoisotopic (exact) mass is 237 g/mol. The Morgan fingerprint density at radius 2 is 1.76 bits per heavy atom. The maximum atomic E-state index is 13.2.